The number of hydrogen-bond donors (Lipinski definition) is 0. The van der Waals surface area contributed by atoms with E-state index in [9.17, 15) is 4.79 Å². The van der Waals surface area contributed by atoms with E-state index in [4.69, 9.17) is 14.3 Å². The van der Waals surface area contributed by atoms with Crippen LogP contribution in [0.2, 0.25) is 0 Å². The Morgan fingerprint density at radius 1 is 1.12 bits per heavy atom. The van der Waals surface area contributed by atoms with Crippen molar-refractivity contribution >= 4 is 12.0 Å². The van der Waals surface area contributed by atoms with Crippen molar-refractivity contribution < 1.29 is 19.1 Å². The molecule has 5 heteroatoms. The molecular weight excluding hydrogens is 330 g/mol. The Hall–Kier alpha value is -2.82. The lowest BCUT2D eigenvalue weighted by Gasteiger charge is -2.13. The maximum Gasteiger partial charge on any atom is 0.134 e. The fraction of sp³-hybridized carbons (Fsp3) is 0.333. The number of aryl methyl sites for hydroxylation is 1. The molecule has 0 heterocycles. The van der Waals surface area contributed by atoms with Crippen molar-refractivity contribution in [2.75, 3.05) is 14.2 Å². The van der Waals surface area contributed by atoms with E-state index in [2.05, 4.69) is 17.3 Å². The molecule has 26 heavy (non-hydrogen) atoms. The number of benzene rings is 2. The first-order valence-corrected chi connectivity index (χ1v) is 8.57. The minimum absolute atomic E-state index is 0.0836. The number of nitrogens with zero attached hydrogens (tertiary/aromatic N) is 1. The summed E-state index contributed by atoms with van der Waals surface area (Å²) in [4.78, 5) is 17.1. The van der Waals surface area contributed by atoms with Gasteiger partial charge in [0, 0.05) is 18.1 Å². The number of ketones is 1. The van der Waals surface area contributed by atoms with Crippen LogP contribution in [-0.2, 0) is 16.1 Å². The molecule has 0 N–H and O–H groups in total. The van der Waals surface area contributed by atoms with Gasteiger partial charge < -0.3 is 14.3 Å². The smallest absolute Gasteiger partial charge is 0.134 e. The average Bonchev–Trinajstić information content (AvgIpc) is 2.66. The number of oxime groups is 1. The fourth-order valence-corrected chi connectivity index (χ4v) is 2.58. The molecule has 0 aliphatic carbocycles. The summed E-state index contributed by atoms with van der Waals surface area (Å²) in [5.74, 6) is 1.43. The standard InChI is InChI=1S/C21H25NO4/c1-16(23)13-20(11-9-17-7-5-4-6-8-17)26-22-15-18-10-12-19(24-2)14-21(18)25-3/h4-8,10,12,14-15,20H,9,11,13H2,1-3H3/b22-15+/t20-/m1/s1. The van der Waals surface area contributed by atoms with Gasteiger partial charge in [-0.15, -0.1) is 0 Å². The van der Waals surface area contributed by atoms with Crippen molar-refractivity contribution in [1.82, 2.24) is 0 Å². The third-order valence-electron chi connectivity index (χ3n) is 3.96. The second-order valence-electron chi connectivity index (χ2n) is 6.00. The van der Waals surface area contributed by atoms with Crippen LogP contribution in [0.25, 0.3) is 0 Å². The van der Waals surface area contributed by atoms with E-state index in [-0.39, 0.29) is 11.9 Å². The summed E-state index contributed by atoms with van der Waals surface area (Å²) in [7, 11) is 3.19. The quantitative estimate of drug-likeness (QED) is 0.477. The van der Waals surface area contributed by atoms with Crippen LogP contribution < -0.4 is 9.47 Å². The highest BCUT2D eigenvalue weighted by Gasteiger charge is 2.13. The van der Waals surface area contributed by atoms with Crippen LogP contribution in [0.15, 0.2) is 53.7 Å². The van der Waals surface area contributed by atoms with E-state index in [0.717, 1.165) is 18.4 Å². The van der Waals surface area contributed by atoms with E-state index >= 15 is 0 Å². The fourth-order valence-electron chi connectivity index (χ4n) is 2.58. The van der Waals surface area contributed by atoms with Gasteiger partial charge in [-0.25, -0.2) is 0 Å². The minimum atomic E-state index is -0.256. The lowest BCUT2D eigenvalue weighted by atomic mass is 10.0. The molecule has 0 radical (unpaired) electrons. The van der Waals surface area contributed by atoms with Gasteiger partial charge in [-0.1, -0.05) is 35.5 Å². The van der Waals surface area contributed by atoms with Crippen LogP contribution in [0.1, 0.15) is 30.9 Å². The lowest BCUT2D eigenvalue weighted by Crippen LogP contribution is -2.15. The molecule has 0 spiro atoms. The molecule has 2 aromatic rings. The second-order valence-corrected chi connectivity index (χ2v) is 6.00. The molecule has 0 amide bonds. The Bertz CT molecular complexity index is 728. The van der Waals surface area contributed by atoms with Crippen LogP contribution >= 0.6 is 0 Å². The maximum atomic E-state index is 11.5. The average molecular weight is 355 g/mol. The van der Waals surface area contributed by atoms with Gasteiger partial charge in [0.25, 0.3) is 0 Å². The lowest BCUT2D eigenvalue weighted by molar-refractivity contribution is -0.119. The molecule has 138 valence electrons. The summed E-state index contributed by atoms with van der Waals surface area (Å²) in [5, 5.41) is 4.07. The van der Waals surface area contributed by atoms with E-state index in [1.165, 1.54) is 5.56 Å². The third-order valence-corrected chi connectivity index (χ3v) is 3.96. The maximum absolute atomic E-state index is 11.5. The van der Waals surface area contributed by atoms with Gasteiger partial charge in [-0.05, 0) is 37.5 Å². The van der Waals surface area contributed by atoms with Crippen LogP contribution in [0, 0.1) is 0 Å². The molecule has 2 aromatic carbocycles. The van der Waals surface area contributed by atoms with Crippen molar-refractivity contribution in [3.05, 3.63) is 59.7 Å². The van der Waals surface area contributed by atoms with Gasteiger partial charge in [-0.3, -0.25) is 4.79 Å². The molecule has 0 saturated carbocycles. The van der Waals surface area contributed by atoms with Gasteiger partial charge in [-0.2, -0.15) is 0 Å². The molecule has 0 fully saturated rings. The first-order valence-electron chi connectivity index (χ1n) is 8.57. The number of ether oxygens (including phenoxy) is 2. The van der Waals surface area contributed by atoms with Gasteiger partial charge in [0.1, 0.15) is 23.4 Å². The predicted octanol–water partition coefficient (Wildman–Crippen LogP) is 4.03. The molecule has 2 rings (SSSR count). The number of methoxy groups -OCH3 is 2. The number of Topliss-reactive ketones (excluding diaryl/α,β-unsaturated/α-hetero) is 1. The van der Waals surface area contributed by atoms with Crippen LogP contribution in [0.3, 0.4) is 0 Å². The highest BCUT2D eigenvalue weighted by molar-refractivity contribution is 5.83. The van der Waals surface area contributed by atoms with Crippen LogP contribution in [-0.4, -0.2) is 32.3 Å². The molecular formula is C21H25NO4. The first-order chi connectivity index (χ1) is 12.6. The molecule has 0 unspecified atom stereocenters. The van der Waals surface area contributed by atoms with Crippen molar-refractivity contribution in [2.24, 2.45) is 5.16 Å². The first kappa shape index (κ1) is 19.5. The third kappa shape index (κ3) is 6.24. The van der Waals surface area contributed by atoms with E-state index < -0.39 is 0 Å². The predicted molar refractivity (Wildman–Crippen MR) is 102 cm³/mol. The SMILES string of the molecule is COc1ccc(/C=N/O[C@H](CCc2ccccc2)CC(C)=O)c(OC)c1. The number of carbonyl (C=O) groups is 1. The zero-order chi connectivity index (χ0) is 18.8. The summed E-state index contributed by atoms with van der Waals surface area (Å²) in [6.07, 6.45) is 3.23. The Labute approximate surface area is 154 Å². The highest BCUT2D eigenvalue weighted by Crippen LogP contribution is 2.23. The van der Waals surface area contributed by atoms with Gasteiger partial charge >= 0.3 is 0 Å². The van der Waals surface area contributed by atoms with E-state index in [1.54, 1.807) is 33.4 Å². The van der Waals surface area contributed by atoms with Crippen molar-refractivity contribution in [3.63, 3.8) is 0 Å². The Morgan fingerprint density at radius 3 is 2.54 bits per heavy atom. The largest absolute Gasteiger partial charge is 0.497 e. The summed E-state index contributed by atoms with van der Waals surface area (Å²) in [5.41, 5.74) is 1.99. The topological polar surface area (TPSA) is 57.1 Å². The van der Waals surface area contributed by atoms with E-state index in [0.29, 0.717) is 17.9 Å². The van der Waals surface area contributed by atoms with Crippen molar-refractivity contribution in [3.8, 4) is 11.5 Å². The molecule has 5 nitrogen and oxygen atoms in total. The number of rotatable bonds is 10. The Kier molecular flexibility index (Phi) is 7.68. The number of hydrogen-bond acceptors (Lipinski definition) is 5. The monoisotopic (exact) mass is 355 g/mol. The van der Waals surface area contributed by atoms with Gasteiger partial charge in [0.15, 0.2) is 0 Å². The van der Waals surface area contributed by atoms with Crippen molar-refractivity contribution in [2.45, 2.75) is 32.3 Å². The zero-order valence-corrected chi connectivity index (χ0v) is 15.5. The molecule has 0 aliphatic rings. The summed E-state index contributed by atoms with van der Waals surface area (Å²) < 4.78 is 10.5. The Balaban J connectivity index is 1.99. The molecule has 1 atom stereocenters. The van der Waals surface area contributed by atoms with Crippen molar-refractivity contribution in [1.29, 1.82) is 0 Å². The highest BCUT2D eigenvalue weighted by atomic mass is 16.6. The van der Waals surface area contributed by atoms with Gasteiger partial charge in [0.2, 0.25) is 0 Å². The minimum Gasteiger partial charge on any atom is -0.497 e. The summed E-state index contributed by atoms with van der Waals surface area (Å²) >= 11 is 0. The summed E-state index contributed by atoms with van der Waals surface area (Å²) in [6, 6.07) is 15.6. The molecule has 0 bridgehead atoms. The molecule has 0 aromatic heterocycles. The van der Waals surface area contributed by atoms with Gasteiger partial charge in [0.05, 0.1) is 20.4 Å². The van der Waals surface area contributed by atoms with Crippen LogP contribution in [0.4, 0.5) is 0 Å². The zero-order valence-electron chi connectivity index (χ0n) is 15.5. The molecule has 0 saturated heterocycles. The molecule has 0 aliphatic heterocycles. The van der Waals surface area contributed by atoms with E-state index in [1.807, 2.05) is 30.3 Å². The summed E-state index contributed by atoms with van der Waals surface area (Å²) in [6.45, 7) is 1.56. The normalized spacial score (nSPS) is 12.0. The second kappa shape index (κ2) is 10.2. The number of carbonyl (C=O) groups excluding carboxylic acids is 1. The van der Waals surface area contributed by atoms with Crippen LogP contribution in [0.5, 0.6) is 11.5 Å². The Morgan fingerprint density at radius 2 is 1.88 bits per heavy atom.